The average Bonchev–Trinajstić information content (AvgIpc) is 2.17. The Kier molecular flexibility index (Phi) is 2.29. The molecule has 0 bridgehead atoms. The Bertz CT molecular complexity index is 98.7. The predicted molar refractivity (Wildman–Crippen MR) is 38.3 cm³/mol. The van der Waals surface area contributed by atoms with Crippen molar-refractivity contribution in [1.29, 1.82) is 0 Å². The molecule has 1 rings (SSSR count). The lowest BCUT2D eigenvalue weighted by Crippen LogP contribution is -2.01. The minimum atomic E-state index is 0.470. The molecule has 52 valence electrons. The normalized spacial score (nSPS) is 34.8. The van der Waals surface area contributed by atoms with Crippen molar-refractivity contribution in [2.75, 3.05) is 6.61 Å². The van der Waals surface area contributed by atoms with Gasteiger partial charge in [-0.3, -0.25) is 0 Å². The van der Waals surface area contributed by atoms with Crippen LogP contribution in [0.15, 0.2) is 12.7 Å². The summed E-state index contributed by atoms with van der Waals surface area (Å²) in [6.07, 6.45) is 4.64. The first kappa shape index (κ1) is 6.81. The van der Waals surface area contributed by atoms with Crippen LogP contribution >= 0.6 is 0 Å². The molecule has 0 radical (unpaired) electrons. The maximum Gasteiger partial charge on any atom is 0.0612 e. The summed E-state index contributed by atoms with van der Waals surface area (Å²) in [6, 6.07) is 0. The van der Waals surface area contributed by atoms with Gasteiger partial charge in [0.2, 0.25) is 0 Å². The van der Waals surface area contributed by atoms with Crippen LogP contribution in [0.4, 0.5) is 0 Å². The first-order chi connectivity index (χ1) is 4.33. The molecule has 9 heavy (non-hydrogen) atoms. The van der Waals surface area contributed by atoms with E-state index in [1.54, 1.807) is 0 Å². The molecule has 1 aliphatic heterocycles. The molecule has 0 saturated carbocycles. The van der Waals surface area contributed by atoms with Gasteiger partial charge in [-0.05, 0) is 18.8 Å². The summed E-state index contributed by atoms with van der Waals surface area (Å²) < 4.78 is 5.43. The first-order valence-electron chi connectivity index (χ1n) is 3.55. The summed E-state index contributed by atoms with van der Waals surface area (Å²) in [6.45, 7) is 6.84. The van der Waals surface area contributed by atoms with E-state index in [4.69, 9.17) is 4.74 Å². The number of hydrogen-bond acceptors (Lipinski definition) is 1. The molecule has 1 saturated heterocycles. The van der Waals surface area contributed by atoms with E-state index in [9.17, 15) is 0 Å². The minimum absolute atomic E-state index is 0.470. The molecule has 0 N–H and O–H groups in total. The summed E-state index contributed by atoms with van der Waals surface area (Å²) in [5.74, 6) is 0.759. The third-order valence-electron chi connectivity index (χ3n) is 1.71. The lowest BCUT2D eigenvalue weighted by molar-refractivity contribution is 0.110. The quantitative estimate of drug-likeness (QED) is 0.514. The van der Waals surface area contributed by atoms with Crippen molar-refractivity contribution in [2.24, 2.45) is 5.92 Å². The van der Waals surface area contributed by atoms with Crippen LogP contribution in [-0.4, -0.2) is 12.7 Å². The number of hydrogen-bond donors (Lipinski definition) is 0. The Morgan fingerprint density at radius 1 is 1.78 bits per heavy atom. The third kappa shape index (κ3) is 1.83. The van der Waals surface area contributed by atoms with Gasteiger partial charge in [0.25, 0.3) is 0 Å². The van der Waals surface area contributed by atoms with Crippen molar-refractivity contribution in [3.8, 4) is 0 Å². The molecular formula is C8H14O. The van der Waals surface area contributed by atoms with Crippen LogP contribution in [0.25, 0.3) is 0 Å². The van der Waals surface area contributed by atoms with Crippen LogP contribution in [0, 0.1) is 5.92 Å². The fourth-order valence-corrected chi connectivity index (χ4v) is 1.24. The van der Waals surface area contributed by atoms with E-state index in [0.29, 0.717) is 6.10 Å². The van der Waals surface area contributed by atoms with E-state index in [1.807, 2.05) is 6.08 Å². The maximum atomic E-state index is 5.43. The lowest BCUT2D eigenvalue weighted by Gasteiger charge is -2.02. The Morgan fingerprint density at radius 2 is 2.56 bits per heavy atom. The highest BCUT2D eigenvalue weighted by molar-refractivity contribution is 4.78. The zero-order valence-corrected chi connectivity index (χ0v) is 5.97. The van der Waals surface area contributed by atoms with Gasteiger partial charge >= 0.3 is 0 Å². The van der Waals surface area contributed by atoms with Gasteiger partial charge in [-0.15, -0.1) is 6.58 Å². The average molecular weight is 126 g/mol. The topological polar surface area (TPSA) is 9.23 Å². The number of rotatable bonds is 2. The van der Waals surface area contributed by atoms with Gasteiger partial charge in [0, 0.05) is 6.61 Å². The van der Waals surface area contributed by atoms with Crippen molar-refractivity contribution in [2.45, 2.75) is 25.9 Å². The van der Waals surface area contributed by atoms with Crippen molar-refractivity contribution >= 4 is 0 Å². The van der Waals surface area contributed by atoms with Gasteiger partial charge in [-0.2, -0.15) is 0 Å². The zero-order chi connectivity index (χ0) is 6.69. The Balaban J connectivity index is 2.21. The van der Waals surface area contributed by atoms with E-state index in [1.165, 1.54) is 6.42 Å². The molecule has 1 nitrogen and oxygen atoms in total. The first-order valence-corrected chi connectivity index (χ1v) is 3.55. The highest BCUT2D eigenvalue weighted by Gasteiger charge is 2.19. The second-order valence-corrected chi connectivity index (χ2v) is 2.82. The SMILES string of the molecule is C=CCC1CC(C)CO1. The van der Waals surface area contributed by atoms with Crippen molar-refractivity contribution in [3.63, 3.8) is 0 Å². The fraction of sp³-hybridized carbons (Fsp3) is 0.750. The molecule has 0 aliphatic carbocycles. The van der Waals surface area contributed by atoms with E-state index in [-0.39, 0.29) is 0 Å². The van der Waals surface area contributed by atoms with Gasteiger partial charge in [0.05, 0.1) is 6.10 Å². The zero-order valence-electron chi connectivity index (χ0n) is 5.97. The van der Waals surface area contributed by atoms with Crippen LogP contribution in [0.1, 0.15) is 19.8 Å². The lowest BCUT2D eigenvalue weighted by atomic mass is 10.1. The van der Waals surface area contributed by atoms with Crippen molar-refractivity contribution in [3.05, 3.63) is 12.7 Å². The smallest absolute Gasteiger partial charge is 0.0612 e. The van der Waals surface area contributed by atoms with Crippen LogP contribution in [0.5, 0.6) is 0 Å². The van der Waals surface area contributed by atoms with E-state index in [2.05, 4.69) is 13.5 Å². The molecule has 2 atom stereocenters. The second-order valence-electron chi connectivity index (χ2n) is 2.82. The summed E-state index contributed by atoms with van der Waals surface area (Å²) in [5, 5.41) is 0. The molecule has 0 amide bonds. The largest absolute Gasteiger partial charge is 0.378 e. The molecule has 0 aromatic heterocycles. The fourth-order valence-electron chi connectivity index (χ4n) is 1.24. The summed E-state index contributed by atoms with van der Waals surface area (Å²) >= 11 is 0. The van der Waals surface area contributed by atoms with Crippen molar-refractivity contribution in [1.82, 2.24) is 0 Å². The van der Waals surface area contributed by atoms with Crippen LogP contribution in [0.2, 0.25) is 0 Å². The van der Waals surface area contributed by atoms with Gasteiger partial charge in [0.1, 0.15) is 0 Å². The second kappa shape index (κ2) is 3.02. The standard InChI is InChI=1S/C8H14O/c1-3-4-8-5-7(2)6-9-8/h3,7-8H,1,4-6H2,2H3. The van der Waals surface area contributed by atoms with Gasteiger partial charge in [-0.1, -0.05) is 13.0 Å². The molecule has 1 fully saturated rings. The molecule has 0 aromatic rings. The molecular weight excluding hydrogens is 112 g/mol. The highest BCUT2D eigenvalue weighted by atomic mass is 16.5. The van der Waals surface area contributed by atoms with Crippen LogP contribution < -0.4 is 0 Å². The maximum absolute atomic E-state index is 5.43. The van der Waals surface area contributed by atoms with Gasteiger partial charge < -0.3 is 4.74 Å². The van der Waals surface area contributed by atoms with Gasteiger partial charge in [0.15, 0.2) is 0 Å². The van der Waals surface area contributed by atoms with Crippen molar-refractivity contribution < 1.29 is 4.74 Å². The Labute approximate surface area is 56.7 Å². The molecule has 2 unspecified atom stereocenters. The number of ether oxygens (including phenoxy) is 1. The summed E-state index contributed by atoms with van der Waals surface area (Å²) in [7, 11) is 0. The van der Waals surface area contributed by atoms with Crippen LogP contribution in [0.3, 0.4) is 0 Å². The monoisotopic (exact) mass is 126 g/mol. The van der Waals surface area contributed by atoms with E-state index in [0.717, 1.165) is 18.9 Å². The minimum Gasteiger partial charge on any atom is -0.378 e. The summed E-state index contributed by atoms with van der Waals surface area (Å²) in [5.41, 5.74) is 0. The van der Waals surface area contributed by atoms with Crippen LogP contribution in [-0.2, 0) is 4.74 Å². The summed E-state index contributed by atoms with van der Waals surface area (Å²) in [4.78, 5) is 0. The van der Waals surface area contributed by atoms with E-state index >= 15 is 0 Å². The highest BCUT2D eigenvalue weighted by Crippen LogP contribution is 2.20. The van der Waals surface area contributed by atoms with E-state index < -0.39 is 0 Å². The predicted octanol–water partition coefficient (Wildman–Crippen LogP) is 1.99. The molecule has 0 aromatic carbocycles. The Hall–Kier alpha value is -0.300. The molecule has 1 heterocycles. The molecule has 1 heteroatoms. The molecule has 0 spiro atoms. The third-order valence-corrected chi connectivity index (χ3v) is 1.71. The Morgan fingerprint density at radius 3 is 3.00 bits per heavy atom. The molecule has 1 aliphatic rings. The van der Waals surface area contributed by atoms with Gasteiger partial charge in [-0.25, -0.2) is 0 Å².